The van der Waals surface area contributed by atoms with E-state index in [1.807, 2.05) is 0 Å². The molecule has 0 atom stereocenters. The molecule has 0 bridgehead atoms. The zero-order valence-electron chi connectivity index (χ0n) is 15.7. The number of hydrogen-bond acceptors (Lipinski definition) is 7. The van der Waals surface area contributed by atoms with Gasteiger partial charge in [-0.3, -0.25) is 18.2 Å². The van der Waals surface area contributed by atoms with Crippen LogP contribution in [0.25, 0.3) is 0 Å². The molecule has 0 aliphatic carbocycles. The Morgan fingerprint density at radius 1 is 1.16 bits per heavy atom. The second-order valence-electron chi connectivity index (χ2n) is 6.50. The third-order valence-electron chi connectivity index (χ3n) is 4.49. The van der Waals surface area contributed by atoms with E-state index in [4.69, 9.17) is 9.15 Å². The van der Waals surface area contributed by atoms with E-state index >= 15 is 0 Å². The van der Waals surface area contributed by atoms with E-state index in [0.717, 1.165) is 30.7 Å². The number of nitrogens with zero attached hydrogens (tertiary/aromatic N) is 2. The number of fused-ring (bicyclic) bond motifs is 1. The molecule has 3 aromatic rings. The summed E-state index contributed by atoms with van der Waals surface area (Å²) < 4.78 is 72.3. The van der Waals surface area contributed by atoms with Gasteiger partial charge in [0.2, 0.25) is 5.76 Å². The summed E-state index contributed by atoms with van der Waals surface area (Å²) in [5.41, 5.74) is -0.435. The average molecular weight is 455 g/mol. The maximum atomic E-state index is 12.9. The van der Waals surface area contributed by atoms with Crippen LogP contribution in [0, 0.1) is 0 Å². The van der Waals surface area contributed by atoms with Crippen molar-refractivity contribution in [2.75, 3.05) is 22.8 Å². The Balaban J connectivity index is 1.65. The number of benzene rings is 2. The largest absolute Gasteiger partial charge is 0.490 e. The minimum absolute atomic E-state index is 0.0136. The smallest absolute Gasteiger partial charge is 0.416 e. The number of amides is 1. The second kappa shape index (κ2) is 7.80. The molecule has 0 fully saturated rings. The molecule has 12 heteroatoms. The number of ether oxygens (including phenoxy) is 1. The summed E-state index contributed by atoms with van der Waals surface area (Å²) in [5, 5.41) is 2.55. The highest BCUT2D eigenvalue weighted by molar-refractivity contribution is 8.25. The predicted molar refractivity (Wildman–Crippen MR) is 106 cm³/mol. The number of carbonyl (C=O) groups is 1. The Morgan fingerprint density at radius 2 is 1.90 bits per heavy atom. The lowest BCUT2D eigenvalue weighted by molar-refractivity contribution is -0.137. The second-order valence-corrected chi connectivity index (χ2v) is 8.41. The van der Waals surface area contributed by atoms with Crippen molar-refractivity contribution in [2.45, 2.75) is 11.1 Å². The van der Waals surface area contributed by atoms with Crippen molar-refractivity contribution < 1.29 is 36.2 Å². The van der Waals surface area contributed by atoms with Crippen LogP contribution in [0.1, 0.15) is 16.1 Å². The van der Waals surface area contributed by atoms with E-state index in [1.54, 1.807) is 0 Å². The van der Waals surface area contributed by atoms with Crippen LogP contribution in [0.2, 0.25) is 0 Å². The normalized spacial score (nSPS) is 16.6. The van der Waals surface area contributed by atoms with Gasteiger partial charge < -0.3 is 14.5 Å². The summed E-state index contributed by atoms with van der Waals surface area (Å²) in [6, 6.07) is 8.37. The molecule has 1 aromatic heterocycles. The summed E-state index contributed by atoms with van der Waals surface area (Å²) in [6.45, 7) is 0.0792. The zero-order valence-corrected chi connectivity index (χ0v) is 16.5. The highest BCUT2D eigenvalue weighted by Gasteiger charge is 2.34. The van der Waals surface area contributed by atoms with E-state index in [2.05, 4.69) is 10.3 Å². The Hall–Kier alpha value is -3.22. The van der Waals surface area contributed by atoms with Gasteiger partial charge in [-0.25, -0.2) is 4.98 Å². The highest BCUT2D eigenvalue weighted by Crippen LogP contribution is 2.58. The van der Waals surface area contributed by atoms with Gasteiger partial charge in [0.25, 0.3) is 5.91 Å². The van der Waals surface area contributed by atoms with Crippen LogP contribution in [0.15, 0.2) is 64.4 Å². The van der Waals surface area contributed by atoms with Gasteiger partial charge in [-0.1, -0.05) is 10.8 Å². The molecule has 3 N–H and O–H groups in total. The van der Waals surface area contributed by atoms with Gasteiger partial charge in [0, 0.05) is 5.69 Å². The van der Waals surface area contributed by atoms with Gasteiger partial charge in [-0.15, -0.1) is 0 Å². The van der Waals surface area contributed by atoms with Gasteiger partial charge >= 0.3 is 6.18 Å². The summed E-state index contributed by atoms with van der Waals surface area (Å²) in [7, 11) is -3.69. The van der Waals surface area contributed by atoms with E-state index in [1.165, 1.54) is 28.7 Å². The fourth-order valence-electron chi connectivity index (χ4n) is 3.02. The number of aromatic nitrogens is 1. The predicted octanol–water partition coefficient (Wildman–Crippen LogP) is 4.87. The summed E-state index contributed by atoms with van der Waals surface area (Å²) in [4.78, 5) is 15.8. The van der Waals surface area contributed by atoms with Crippen LogP contribution < -0.4 is 14.4 Å². The van der Waals surface area contributed by atoms with Crippen molar-refractivity contribution in [1.29, 1.82) is 0 Å². The Labute approximate surface area is 175 Å². The third kappa shape index (κ3) is 4.17. The number of carbonyl (C=O) groups excluding carboxylic acids is 1. The number of rotatable bonds is 3. The van der Waals surface area contributed by atoms with Crippen molar-refractivity contribution >= 4 is 28.1 Å². The topological polar surface area (TPSA) is 108 Å². The van der Waals surface area contributed by atoms with Crippen molar-refractivity contribution in [2.24, 2.45) is 0 Å². The maximum absolute atomic E-state index is 12.9. The lowest BCUT2D eigenvalue weighted by Gasteiger charge is -2.42. The monoisotopic (exact) mass is 455 g/mol. The van der Waals surface area contributed by atoms with E-state index in [9.17, 15) is 27.1 Å². The molecule has 0 radical (unpaired) electrons. The molecular weight excluding hydrogens is 439 g/mol. The Kier molecular flexibility index (Phi) is 5.29. The molecule has 2 heterocycles. The van der Waals surface area contributed by atoms with Crippen molar-refractivity contribution in [1.82, 2.24) is 4.98 Å². The number of halogens is 3. The zero-order chi connectivity index (χ0) is 22.2. The third-order valence-corrected chi connectivity index (χ3v) is 6.41. The first kappa shape index (κ1) is 21.0. The number of hydrogen-bond donors (Lipinski definition) is 3. The molecule has 2 aromatic carbocycles. The van der Waals surface area contributed by atoms with Crippen molar-refractivity contribution in [3.05, 3.63) is 66.4 Å². The lowest BCUT2D eigenvalue weighted by Crippen LogP contribution is -2.29. The fraction of sp³-hybridized carbons (Fsp3) is 0.158. The maximum Gasteiger partial charge on any atom is 0.416 e. The van der Waals surface area contributed by atoms with E-state index < -0.39 is 28.4 Å². The molecule has 0 saturated heterocycles. The van der Waals surface area contributed by atoms with Crippen LogP contribution in [0.5, 0.6) is 5.75 Å². The first-order valence-electron chi connectivity index (χ1n) is 8.86. The molecule has 4 rings (SSSR count). The quantitative estimate of drug-likeness (QED) is 0.517. The fourth-order valence-corrected chi connectivity index (χ4v) is 4.68. The number of alkyl halides is 3. The first-order valence-corrected chi connectivity index (χ1v) is 10.4. The minimum atomic E-state index is -4.51. The number of oxazole rings is 1. The van der Waals surface area contributed by atoms with E-state index in [0.29, 0.717) is 0 Å². The molecule has 0 unspecified atom stereocenters. The first-order chi connectivity index (χ1) is 14.7. The van der Waals surface area contributed by atoms with Gasteiger partial charge in [0.15, 0.2) is 6.39 Å². The summed E-state index contributed by atoms with van der Waals surface area (Å²) in [6.07, 6.45) is -2.19. The molecule has 0 spiro atoms. The van der Waals surface area contributed by atoms with Crippen LogP contribution in [-0.2, 0) is 6.18 Å². The Morgan fingerprint density at radius 3 is 2.55 bits per heavy atom. The molecule has 1 amide bonds. The summed E-state index contributed by atoms with van der Waals surface area (Å²) >= 11 is 0. The van der Waals surface area contributed by atoms with Gasteiger partial charge in [0.05, 0.1) is 24.0 Å². The van der Waals surface area contributed by atoms with Crippen molar-refractivity contribution in [3.63, 3.8) is 0 Å². The van der Waals surface area contributed by atoms with Crippen LogP contribution in [-0.4, -0.2) is 33.1 Å². The lowest BCUT2D eigenvalue weighted by atomic mass is 10.2. The Bertz CT molecular complexity index is 1090. The SMILES string of the molecule is O=C(Nc1ccc2c(c1)S(O)(O)N(c1ccc(C(F)(F)F)cc1)CCO2)c1cnco1. The molecular formula is C19H16F3N3O5S. The molecule has 0 saturated carbocycles. The molecule has 164 valence electrons. The van der Waals surface area contributed by atoms with Gasteiger partial charge in [0.1, 0.15) is 17.3 Å². The van der Waals surface area contributed by atoms with Gasteiger partial charge in [-0.05, 0) is 42.5 Å². The average Bonchev–Trinajstić information content (AvgIpc) is 3.22. The minimum Gasteiger partial charge on any atom is -0.490 e. The van der Waals surface area contributed by atoms with Crippen molar-refractivity contribution in [3.8, 4) is 5.75 Å². The van der Waals surface area contributed by atoms with E-state index in [-0.39, 0.29) is 40.9 Å². The van der Waals surface area contributed by atoms with Crippen LogP contribution in [0.3, 0.4) is 0 Å². The van der Waals surface area contributed by atoms with Crippen LogP contribution >= 0.6 is 10.8 Å². The molecule has 1 aliphatic rings. The molecule has 1 aliphatic heterocycles. The highest BCUT2D eigenvalue weighted by atomic mass is 32.3. The molecule has 31 heavy (non-hydrogen) atoms. The number of anilines is 2. The van der Waals surface area contributed by atoms with Crippen LogP contribution in [0.4, 0.5) is 24.5 Å². The number of nitrogens with one attached hydrogen (secondary N) is 1. The summed E-state index contributed by atoms with van der Waals surface area (Å²) in [5.74, 6) is -0.445. The standard InChI is InChI=1S/C19H16F3N3O5S/c20-19(21,22)12-1-4-14(5-2-12)25-7-8-29-15-6-3-13(9-17(15)31(25,27)28)24-18(26)16-10-23-11-30-16/h1-6,9-11,27-28H,7-8H2,(H,24,26). The van der Waals surface area contributed by atoms with Gasteiger partial charge in [-0.2, -0.15) is 13.2 Å². The molecule has 8 nitrogen and oxygen atoms in total.